The molecule has 0 spiro atoms. The molecule has 0 fully saturated rings. The quantitative estimate of drug-likeness (QED) is 0.503. The van der Waals surface area contributed by atoms with E-state index in [9.17, 15) is 14.4 Å². The molecule has 7 nitrogen and oxygen atoms in total. The van der Waals surface area contributed by atoms with Crippen molar-refractivity contribution in [1.82, 2.24) is 16.0 Å². The van der Waals surface area contributed by atoms with Gasteiger partial charge in [-0.25, -0.2) is 0 Å². The van der Waals surface area contributed by atoms with E-state index in [0.29, 0.717) is 0 Å². The van der Waals surface area contributed by atoms with Gasteiger partial charge >= 0.3 is 0 Å². The molecule has 0 aliphatic rings. The number of rotatable bonds is 7. The summed E-state index contributed by atoms with van der Waals surface area (Å²) in [5.74, 6) is -0.906. The number of likely N-dealkylation sites (N-methyl/N-ethyl adjacent to an activating group) is 1. The van der Waals surface area contributed by atoms with Crippen LogP contribution >= 0.6 is 0 Å². The van der Waals surface area contributed by atoms with E-state index in [4.69, 9.17) is 0 Å². The number of carbonyl (C=O) groups excluding carboxylic acids is 3. The second-order valence-electron chi connectivity index (χ2n) is 3.38. The van der Waals surface area contributed by atoms with E-state index in [1.165, 1.54) is 21.2 Å². The van der Waals surface area contributed by atoms with Crippen molar-refractivity contribution in [3.8, 4) is 0 Å². The van der Waals surface area contributed by atoms with E-state index in [1.807, 2.05) is 0 Å². The number of hydrogen-bond acceptors (Lipinski definition) is 4. The van der Waals surface area contributed by atoms with Gasteiger partial charge in [-0.05, 0) is 6.42 Å². The summed E-state index contributed by atoms with van der Waals surface area (Å²) < 4.78 is 4.64. The average Bonchev–Trinajstić information content (AvgIpc) is 2.33. The van der Waals surface area contributed by atoms with Crippen molar-refractivity contribution in [2.24, 2.45) is 0 Å². The zero-order chi connectivity index (χ0) is 13.3. The van der Waals surface area contributed by atoms with Crippen LogP contribution in [0.1, 0.15) is 12.8 Å². The van der Waals surface area contributed by atoms with Crippen LogP contribution in [-0.4, -0.2) is 51.6 Å². The van der Waals surface area contributed by atoms with E-state index in [2.05, 4.69) is 20.7 Å². The van der Waals surface area contributed by atoms with Gasteiger partial charge in [0.25, 0.3) is 0 Å². The van der Waals surface area contributed by atoms with Crippen molar-refractivity contribution < 1.29 is 19.1 Å². The van der Waals surface area contributed by atoms with Gasteiger partial charge in [0.05, 0.1) is 0 Å². The van der Waals surface area contributed by atoms with E-state index >= 15 is 0 Å². The van der Waals surface area contributed by atoms with Gasteiger partial charge in [0.15, 0.2) is 0 Å². The standard InChI is InChI=1S/C10H19N3O4/c1-11-8(14)5-4-7(10(16)12-2)13-9(15)6-17-3/h7H,4-6H2,1-3H3,(H,11,14)(H,12,16)(H,13,15). The summed E-state index contributed by atoms with van der Waals surface area (Å²) >= 11 is 0. The summed E-state index contributed by atoms with van der Waals surface area (Å²) in [5.41, 5.74) is 0. The highest BCUT2D eigenvalue weighted by Crippen LogP contribution is 1.98. The fourth-order valence-corrected chi connectivity index (χ4v) is 1.21. The molecular formula is C10H19N3O4. The fraction of sp³-hybridized carbons (Fsp3) is 0.700. The Balaban J connectivity index is 4.28. The molecule has 1 unspecified atom stereocenters. The predicted molar refractivity (Wildman–Crippen MR) is 61.2 cm³/mol. The van der Waals surface area contributed by atoms with Crippen LogP contribution in [0.4, 0.5) is 0 Å². The minimum atomic E-state index is -0.722. The first-order chi connectivity index (χ1) is 8.04. The Morgan fingerprint density at radius 2 is 1.76 bits per heavy atom. The lowest BCUT2D eigenvalue weighted by Crippen LogP contribution is -2.47. The van der Waals surface area contributed by atoms with E-state index in [-0.39, 0.29) is 31.3 Å². The van der Waals surface area contributed by atoms with Gasteiger partial charge in [-0.1, -0.05) is 0 Å². The highest BCUT2D eigenvalue weighted by atomic mass is 16.5. The van der Waals surface area contributed by atoms with Crippen LogP contribution in [-0.2, 0) is 19.1 Å². The second kappa shape index (κ2) is 8.51. The topological polar surface area (TPSA) is 96.5 Å². The molecular weight excluding hydrogens is 226 g/mol. The maximum atomic E-state index is 11.5. The molecule has 17 heavy (non-hydrogen) atoms. The molecule has 0 aliphatic carbocycles. The maximum absolute atomic E-state index is 11.5. The third-order valence-electron chi connectivity index (χ3n) is 2.11. The van der Waals surface area contributed by atoms with Gasteiger partial charge in [-0.2, -0.15) is 0 Å². The monoisotopic (exact) mass is 245 g/mol. The summed E-state index contributed by atoms with van der Waals surface area (Å²) in [5, 5.41) is 7.37. The highest BCUT2D eigenvalue weighted by Gasteiger charge is 2.20. The molecule has 0 aromatic carbocycles. The summed E-state index contributed by atoms with van der Waals surface area (Å²) in [6.45, 7) is -0.118. The summed E-state index contributed by atoms with van der Waals surface area (Å²) in [4.78, 5) is 33.8. The Kier molecular flexibility index (Phi) is 7.70. The first kappa shape index (κ1) is 15.4. The molecule has 0 aromatic heterocycles. The Labute approximate surface area is 100 Å². The Morgan fingerprint density at radius 1 is 1.12 bits per heavy atom. The van der Waals surface area contributed by atoms with Crippen molar-refractivity contribution in [3.05, 3.63) is 0 Å². The largest absolute Gasteiger partial charge is 0.375 e. The van der Waals surface area contributed by atoms with Gasteiger partial charge < -0.3 is 20.7 Å². The van der Waals surface area contributed by atoms with Gasteiger partial charge in [-0.3, -0.25) is 14.4 Å². The van der Waals surface area contributed by atoms with Crippen LogP contribution in [0, 0.1) is 0 Å². The van der Waals surface area contributed by atoms with Gasteiger partial charge in [-0.15, -0.1) is 0 Å². The van der Waals surface area contributed by atoms with E-state index < -0.39 is 11.9 Å². The van der Waals surface area contributed by atoms with Crippen LogP contribution in [0.15, 0.2) is 0 Å². The van der Waals surface area contributed by atoms with Gasteiger partial charge in [0.2, 0.25) is 17.7 Å². The van der Waals surface area contributed by atoms with Gasteiger partial charge in [0.1, 0.15) is 12.6 Å². The lowest BCUT2D eigenvalue weighted by atomic mass is 10.1. The van der Waals surface area contributed by atoms with Crippen molar-refractivity contribution in [1.29, 1.82) is 0 Å². The molecule has 3 N–H and O–H groups in total. The summed E-state index contributed by atoms with van der Waals surface area (Å²) in [6, 6.07) is -0.722. The Hall–Kier alpha value is -1.63. The minimum absolute atomic E-state index is 0.118. The smallest absolute Gasteiger partial charge is 0.246 e. The number of methoxy groups -OCH3 is 1. The SMILES string of the molecule is CNC(=O)CCC(NC(=O)COC)C(=O)NC. The molecule has 0 aliphatic heterocycles. The van der Waals surface area contributed by atoms with Crippen LogP contribution in [0.3, 0.4) is 0 Å². The number of amides is 3. The average molecular weight is 245 g/mol. The molecule has 0 aromatic rings. The van der Waals surface area contributed by atoms with Gasteiger partial charge in [0, 0.05) is 27.6 Å². The number of ether oxygens (including phenoxy) is 1. The zero-order valence-corrected chi connectivity index (χ0v) is 10.3. The van der Waals surface area contributed by atoms with E-state index in [0.717, 1.165) is 0 Å². The molecule has 0 radical (unpaired) electrons. The maximum Gasteiger partial charge on any atom is 0.246 e. The lowest BCUT2D eigenvalue weighted by Gasteiger charge is -2.16. The first-order valence-corrected chi connectivity index (χ1v) is 5.25. The normalized spacial score (nSPS) is 11.5. The highest BCUT2D eigenvalue weighted by molar-refractivity contribution is 5.88. The number of hydrogen-bond donors (Lipinski definition) is 3. The molecule has 0 saturated carbocycles. The predicted octanol–water partition coefficient (Wildman–Crippen LogP) is -1.61. The third kappa shape index (κ3) is 6.52. The molecule has 1 atom stereocenters. The van der Waals surface area contributed by atoms with Crippen LogP contribution in [0.5, 0.6) is 0 Å². The van der Waals surface area contributed by atoms with Crippen molar-refractivity contribution in [2.45, 2.75) is 18.9 Å². The third-order valence-corrected chi connectivity index (χ3v) is 2.11. The molecule has 0 heterocycles. The van der Waals surface area contributed by atoms with Crippen LogP contribution in [0.25, 0.3) is 0 Å². The molecule has 98 valence electrons. The first-order valence-electron chi connectivity index (χ1n) is 5.25. The van der Waals surface area contributed by atoms with Crippen molar-refractivity contribution >= 4 is 17.7 Å². The van der Waals surface area contributed by atoms with Crippen LogP contribution < -0.4 is 16.0 Å². The van der Waals surface area contributed by atoms with Crippen molar-refractivity contribution in [2.75, 3.05) is 27.8 Å². The Morgan fingerprint density at radius 3 is 2.24 bits per heavy atom. The summed E-state index contributed by atoms with van der Waals surface area (Å²) in [7, 11) is 4.37. The van der Waals surface area contributed by atoms with E-state index in [1.54, 1.807) is 0 Å². The molecule has 3 amide bonds. The minimum Gasteiger partial charge on any atom is -0.375 e. The van der Waals surface area contributed by atoms with Crippen LogP contribution in [0.2, 0.25) is 0 Å². The van der Waals surface area contributed by atoms with Crippen molar-refractivity contribution in [3.63, 3.8) is 0 Å². The molecule has 0 saturated heterocycles. The Bertz CT molecular complexity index is 281. The number of carbonyl (C=O) groups is 3. The summed E-state index contributed by atoms with van der Waals surface area (Å²) in [6.07, 6.45) is 0.413. The zero-order valence-electron chi connectivity index (χ0n) is 10.3. The lowest BCUT2D eigenvalue weighted by molar-refractivity contribution is -0.131. The molecule has 0 rings (SSSR count). The molecule has 7 heteroatoms. The second-order valence-corrected chi connectivity index (χ2v) is 3.38. The molecule has 0 bridgehead atoms. The fourth-order valence-electron chi connectivity index (χ4n) is 1.21. The number of nitrogens with one attached hydrogen (secondary N) is 3.